The van der Waals surface area contributed by atoms with Gasteiger partial charge in [0.15, 0.2) is 0 Å². The van der Waals surface area contributed by atoms with Crippen LogP contribution in [0.2, 0.25) is 0 Å². The summed E-state index contributed by atoms with van der Waals surface area (Å²) in [5.41, 5.74) is 3.22. The zero-order valence-electron chi connectivity index (χ0n) is 11.8. The van der Waals surface area contributed by atoms with Gasteiger partial charge >= 0.3 is 0 Å². The lowest BCUT2D eigenvalue weighted by molar-refractivity contribution is 0.182. The average Bonchev–Trinajstić information content (AvgIpc) is 2.73. The third-order valence-corrected chi connectivity index (χ3v) is 3.01. The van der Waals surface area contributed by atoms with Crippen LogP contribution >= 0.6 is 0 Å². The van der Waals surface area contributed by atoms with Crippen molar-refractivity contribution in [3.8, 4) is 6.07 Å². The number of pyridine rings is 1. The van der Waals surface area contributed by atoms with E-state index in [1.165, 1.54) is 0 Å². The monoisotopic (exact) mass is 271 g/mol. The van der Waals surface area contributed by atoms with Crippen LogP contribution < -0.4 is 5.32 Å². The van der Waals surface area contributed by atoms with Crippen LogP contribution in [-0.2, 0) is 11.3 Å². The first-order chi connectivity index (χ1) is 9.65. The molecule has 0 unspecified atom stereocenters. The number of nitrogens with one attached hydrogen (secondary N) is 1. The van der Waals surface area contributed by atoms with Crippen molar-refractivity contribution in [3.05, 3.63) is 35.3 Å². The highest BCUT2D eigenvalue weighted by Gasteiger charge is 2.12. The van der Waals surface area contributed by atoms with E-state index in [-0.39, 0.29) is 0 Å². The summed E-state index contributed by atoms with van der Waals surface area (Å²) < 4.78 is 6.97. The Morgan fingerprint density at radius 1 is 1.40 bits per heavy atom. The summed E-state index contributed by atoms with van der Waals surface area (Å²) in [5, 5.41) is 16.6. The van der Waals surface area contributed by atoms with Crippen LogP contribution in [0, 0.1) is 25.2 Å². The van der Waals surface area contributed by atoms with E-state index in [2.05, 4.69) is 15.4 Å². The highest BCUT2D eigenvalue weighted by Crippen LogP contribution is 2.23. The van der Waals surface area contributed by atoms with Crippen molar-refractivity contribution in [2.24, 2.45) is 0 Å². The van der Waals surface area contributed by atoms with Crippen molar-refractivity contribution in [1.82, 2.24) is 14.8 Å². The number of anilines is 2. The smallest absolute Gasteiger partial charge is 0.142 e. The van der Waals surface area contributed by atoms with E-state index in [4.69, 9.17) is 10.00 Å². The fourth-order valence-corrected chi connectivity index (χ4v) is 1.97. The van der Waals surface area contributed by atoms with Gasteiger partial charge in [0.2, 0.25) is 0 Å². The number of hydrogen-bond donors (Lipinski definition) is 1. The minimum absolute atomic E-state index is 0.386. The molecule has 2 aromatic rings. The summed E-state index contributed by atoms with van der Waals surface area (Å²) in [5.74, 6) is 0.640. The van der Waals surface area contributed by atoms with Gasteiger partial charge in [-0.05, 0) is 26.0 Å². The molecule has 2 rings (SSSR count). The highest BCUT2D eigenvalue weighted by atomic mass is 16.5. The van der Waals surface area contributed by atoms with Gasteiger partial charge in [-0.1, -0.05) is 6.07 Å². The fourth-order valence-electron chi connectivity index (χ4n) is 1.97. The fraction of sp³-hybridized carbons (Fsp3) is 0.357. The zero-order chi connectivity index (χ0) is 14.5. The number of aromatic nitrogens is 3. The second kappa shape index (κ2) is 6.17. The molecule has 20 heavy (non-hydrogen) atoms. The summed E-state index contributed by atoms with van der Waals surface area (Å²) in [7, 11) is 1.67. The Labute approximate surface area is 118 Å². The molecule has 0 spiro atoms. The van der Waals surface area contributed by atoms with Crippen molar-refractivity contribution in [2.45, 2.75) is 20.4 Å². The second-order valence-electron chi connectivity index (χ2n) is 4.41. The van der Waals surface area contributed by atoms with Gasteiger partial charge < -0.3 is 10.1 Å². The predicted molar refractivity (Wildman–Crippen MR) is 75.8 cm³/mol. The van der Waals surface area contributed by atoms with Crippen LogP contribution in [-0.4, -0.2) is 28.5 Å². The van der Waals surface area contributed by atoms with Crippen molar-refractivity contribution < 1.29 is 4.74 Å². The molecule has 0 aliphatic rings. The highest BCUT2D eigenvalue weighted by molar-refractivity contribution is 5.61. The topological polar surface area (TPSA) is 75.8 Å². The molecule has 2 heterocycles. The molecule has 0 aliphatic heterocycles. The minimum atomic E-state index is 0.386. The molecule has 2 aromatic heterocycles. The molecule has 0 amide bonds. The van der Waals surface area contributed by atoms with Crippen LogP contribution in [0.3, 0.4) is 0 Å². The number of ether oxygens (including phenoxy) is 1. The van der Waals surface area contributed by atoms with E-state index in [1.807, 2.05) is 30.7 Å². The second-order valence-corrected chi connectivity index (χ2v) is 4.41. The average molecular weight is 271 g/mol. The summed E-state index contributed by atoms with van der Waals surface area (Å²) >= 11 is 0. The third-order valence-electron chi connectivity index (χ3n) is 3.01. The van der Waals surface area contributed by atoms with Gasteiger partial charge in [0.1, 0.15) is 17.6 Å². The lowest BCUT2D eigenvalue weighted by Gasteiger charge is -2.07. The number of rotatable bonds is 5. The maximum atomic E-state index is 8.87. The van der Waals surface area contributed by atoms with Crippen molar-refractivity contribution in [1.29, 1.82) is 5.26 Å². The standard InChI is InChI=1S/C14H17N5O/c1-10-14(11(2)19(18-10)7-8-20-3)17-13-6-4-5-12(9-15)16-13/h4-6H,7-8H2,1-3H3,(H,16,17). The largest absolute Gasteiger partial charge is 0.383 e. The summed E-state index contributed by atoms with van der Waals surface area (Å²) in [6.45, 7) is 5.25. The first-order valence-electron chi connectivity index (χ1n) is 6.33. The van der Waals surface area contributed by atoms with Gasteiger partial charge in [-0.3, -0.25) is 4.68 Å². The Balaban J connectivity index is 2.24. The molecule has 0 atom stereocenters. The lowest BCUT2D eigenvalue weighted by Crippen LogP contribution is -2.07. The first kappa shape index (κ1) is 14.0. The van der Waals surface area contributed by atoms with E-state index in [0.29, 0.717) is 24.7 Å². The summed E-state index contributed by atoms with van der Waals surface area (Å²) in [4.78, 5) is 4.21. The maximum absolute atomic E-state index is 8.87. The van der Waals surface area contributed by atoms with Gasteiger partial charge in [0, 0.05) is 7.11 Å². The van der Waals surface area contributed by atoms with Crippen LogP contribution in [0.5, 0.6) is 0 Å². The van der Waals surface area contributed by atoms with E-state index >= 15 is 0 Å². The Morgan fingerprint density at radius 2 is 2.20 bits per heavy atom. The number of nitriles is 1. The van der Waals surface area contributed by atoms with Crippen molar-refractivity contribution in [3.63, 3.8) is 0 Å². The molecular formula is C14H17N5O. The number of nitrogens with zero attached hydrogens (tertiary/aromatic N) is 4. The van der Waals surface area contributed by atoms with Crippen molar-refractivity contribution >= 4 is 11.5 Å². The summed E-state index contributed by atoms with van der Waals surface area (Å²) in [6.07, 6.45) is 0. The molecule has 0 radical (unpaired) electrons. The Kier molecular flexibility index (Phi) is 4.33. The molecule has 0 saturated carbocycles. The van der Waals surface area contributed by atoms with Gasteiger partial charge in [-0.15, -0.1) is 0 Å². The van der Waals surface area contributed by atoms with Gasteiger partial charge in [0.25, 0.3) is 0 Å². The van der Waals surface area contributed by atoms with Gasteiger partial charge in [0.05, 0.1) is 30.2 Å². The molecule has 0 aliphatic carbocycles. The molecule has 0 bridgehead atoms. The molecular weight excluding hydrogens is 254 g/mol. The molecule has 104 valence electrons. The molecule has 0 saturated heterocycles. The number of hydrogen-bond acceptors (Lipinski definition) is 5. The van der Waals surface area contributed by atoms with Crippen LogP contribution in [0.1, 0.15) is 17.1 Å². The molecule has 0 aromatic carbocycles. The molecule has 6 heteroatoms. The third kappa shape index (κ3) is 2.95. The predicted octanol–water partition coefficient (Wildman–Crippen LogP) is 2.16. The van der Waals surface area contributed by atoms with E-state index in [0.717, 1.165) is 17.1 Å². The van der Waals surface area contributed by atoms with Gasteiger partial charge in [-0.25, -0.2) is 4.98 Å². The SMILES string of the molecule is COCCn1nc(C)c(Nc2cccc(C#N)n2)c1C. The Bertz CT molecular complexity index is 641. The number of aryl methyl sites for hydroxylation is 1. The summed E-state index contributed by atoms with van der Waals surface area (Å²) in [6, 6.07) is 7.33. The number of methoxy groups -OCH3 is 1. The van der Waals surface area contributed by atoms with E-state index in [9.17, 15) is 0 Å². The molecule has 1 N–H and O–H groups in total. The van der Waals surface area contributed by atoms with E-state index < -0.39 is 0 Å². The Hall–Kier alpha value is -2.39. The van der Waals surface area contributed by atoms with Gasteiger partial charge in [-0.2, -0.15) is 10.4 Å². The normalized spacial score (nSPS) is 10.3. The Morgan fingerprint density at radius 3 is 2.90 bits per heavy atom. The molecule has 0 fully saturated rings. The quantitative estimate of drug-likeness (QED) is 0.901. The molecule has 6 nitrogen and oxygen atoms in total. The van der Waals surface area contributed by atoms with Crippen LogP contribution in [0.25, 0.3) is 0 Å². The minimum Gasteiger partial charge on any atom is -0.383 e. The first-order valence-corrected chi connectivity index (χ1v) is 6.33. The van der Waals surface area contributed by atoms with Crippen molar-refractivity contribution in [2.75, 3.05) is 19.0 Å². The maximum Gasteiger partial charge on any atom is 0.142 e. The van der Waals surface area contributed by atoms with Crippen LogP contribution in [0.15, 0.2) is 18.2 Å². The lowest BCUT2D eigenvalue weighted by atomic mass is 10.3. The van der Waals surface area contributed by atoms with Crippen LogP contribution in [0.4, 0.5) is 11.5 Å². The zero-order valence-corrected chi connectivity index (χ0v) is 11.8. The van der Waals surface area contributed by atoms with E-state index in [1.54, 1.807) is 19.2 Å².